The van der Waals surface area contributed by atoms with Crippen molar-refractivity contribution in [2.24, 2.45) is 22.7 Å². The molecule has 1 aliphatic heterocycles. The quantitative estimate of drug-likeness (QED) is 0.742. The minimum absolute atomic E-state index is 0.00590. The molecule has 3 aliphatic rings. The predicted molar refractivity (Wildman–Crippen MR) is 97.2 cm³/mol. The molecule has 6 atom stereocenters. The summed E-state index contributed by atoms with van der Waals surface area (Å²) in [6.45, 7) is 10.2. The first kappa shape index (κ1) is 18.1. The van der Waals surface area contributed by atoms with Gasteiger partial charge in [0.25, 0.3) is 5.95 Å². The second kappa shape index (κ2) is 5.35. The summed E-state index contributed by atoms with van der Waals surface area (Å²) in [6.07, 6.45) is 1.45. The van der Waals surface area contributed by atoms with Crippen LogP contribution in [0.4, 0.5) is 0 Å². The van der Waals surface area contributed by atoms with E-state index in [2.05, 4.69) is 27.7 Å². The number of hydrogen-bond acceptors (Lipinski definition) is 5. The number of ether oxygens (including phenoxy) is 1. The highest BCUT2D eigenvalue weighted by Crippen LogP contribution is 2.64. The third-order valence-electron chi connectivity index (χ3n) is 7.96. The molecule has 0 aromatic carbocycles. The summed E-state index contributed by atoms with van der Waals surface area (Å²) in [6, 6.07) is 1.51. The highest BCUT2D eigenvalue weighted by atomic mass is 16.6. The number of aryl methyl sites for hydroxylation is 1. The Bertz CT molecular complexity index is 796. The maximum Gasteiger partial charge on any atom is 0.292 e. The summed E-state index contributed by atoms with van der Waals surface area (Å²) in [5.74, 6) is 1.06. The average molecular weight is 362 g/mol. The number of fused-ring (bicyclic) bond motifs is 4. The van der Waals surface area contributed by atoms with E-state index in [1.807, 2.05) is 0 Å². The first-order valence-electron chi connectivity index (χ1n) is 9.69. The second-order valence-corrected chi connectivity index (χ2v) is 9.70. The molecule has 5 nitrogen and oxygen atoms in total. The molecule has 0 amide bonds. The van der Waals surface area contributed by atoms with E-state index in [1.54, 1.807) is 6.92 Å². The molecular formula is C21H30O5. The van der Waals surface area contributed by atoms with Crippen LogP contribution in [-0.2, 0) is 6.42 Å². The lowest BCUT2D eigenvalue weighted by Gasteiger charge is -2.65. The zero-order chi connectivity index (χ0) is 19.1. The SMILES string of the molecule is Cc1cc(=O)c2c(o1)O[C@]1(C)CC[C@@H]3C(C)(C)[C@H](O)C[C@H](O)[C@]3(C)[C@@H]1C2. The zero-order valence-corrected chi connectivity index (χ0v) is 16.3. The van der Waals surface area contributed by atoms with E-state index in [4.69, 9.17) is 9.15 Å². The summed E-state index contributed by atoms with van der Waals surface area (Å²) in [5.41, 5.74) is -0.670. The minimum atomic E-state index is -0.622. The van der Waals surface area contributed by atoms with Crippen LogP contribution in [0.5, 0.6) is 5.95 Å². The summed E-state index contributed by atoms with van der Waals surface area (Å²) in [4.78, 5) is 12.5. The lowest BCUT2D eigenvalue weighted by Crippen LogP contribution is -2.68. The van der Waals surface area contributed by atoms with Crippen molar-refractivity contribution in [3.8, 4) is 5.95 Å². The third kappa shape index (κ3) is 2.19. The van der Waals surface area contributed by atoms with Crippen LogP contribution >= 0.6 is 0 Å². The molecule has 0 bridgehead atoms. The van der Waals surface area contributed by atoms with Crippen molar-refractivity contribution in [3.63, 3.8) is 0 Å². The summed E-state index contributed by atoms with van der Waals surface area (Å²) in [7, 11) is 0. The third-order valence-corrected chi connectivity index (χ3v) is 7.96. The summed E-state index contributed by atoms with van der Waals surface area (Å²) in [5, 5.41) is 21.7. The van der Waals surface area contributed by atoms with E-state index in [0.717, 1.165) is 12.8 Å². The van der Waals surface area contributed by atoms with E-state index >= 15 is 0 Å². The lowest BCUT2D eigenvalue weighted by molar-refractivity contribution is -0.238. The number of rotatable bonds is 0. The van der Waals surface area contributed by atoms with Gasteiger partial charge in [-0.15, -0.1) is 0 Å². The first-order chi connectivity index (χ1) is 12.0. The number of aliphatic hydroxyl groups is 2. The monoisotopic (exact) mass is 362 g/mol. The van der Waals surface area contributed by atoms with Crippen LogP contribution in [0.2, 0.25) is 0 Å². The van der Waals surface area contributed by atoms with Crippen LogP contribution < -0.4 is 10.2 Å². The number of hydrogen-bond donors (Lipinski definition) is 2. The fourth-order valence-corrected chi connectivity index (χ4v) is 6.31. The van der Waals surface area contributed by atoms with Crippen LogP contribution in [0, 0.1) is 29.6 Å². The summed E-state index contributed by atoms with van der Waals surface area (Å²) >= 11 is 0. The van der Waals surface area contributed by atoms with Crippen molar-refractivity contribution in [2.75, 3.05) is 0 Å². The van der Waals surface area contributed by atoms with Gasteiger partial charge in [0.05, 0.1) is 17.8 Å². The van der Waals surface area contributed by atoms with Crippen molar-refractivity contribution in [2.45, 2.75) is 78.1 Å². The predicted octanol–water partition coefficient (Wildman–Crippen LogP) is 2.83. The van der Waals surface area contributed by atoms with Gasteiger partial charge < -0.3 is 19.4 Å². The van der Waals surface area contributed by atoms with Gasteiger partial charge in [-0.3, -0.25) is 4.79 Å². The van der Waals surface area contributed by atoms with Crippen molar-refractivity contribution in [1.82, 2.24) is 0 Å². The molecule has 2 saturated carbocycles. The highest BCUT2D eigenvalue weighted by Gasteiger charge is 2.66. The average Bonchev–Trinajstić information content (AvgIpc) is 2.51. The molecule has 1 aromatic rings. The Hall–Kier alpha value is -1.33. The lowest BCUT2D eigenvalue weighted by atomic mass is 9.43. The Morgan fingerprint density at radius 1 is 1.12 bits per heavy atom. The normalized spacial score (nSPS) is 43.7. The van der Waals surface area contributed by atoms with E-state index in [9.17, 15) is 15.0 Å². The summed E-state index contributed by atoms with van der Waals surface area (Å²) < 4.78 is 12.0. The van der Waals surface area contributed by atoms with Crippen LogP contribution in [0.3, 0.4) is 0 Å². The smallest absolute Gasteiger partial charge is 0.292 e. The maximum absolute atomic E-state index is 12.5. The van der Waals surface area contributed by atoms with Crippen LogP contribution in [-0.4, -0.2) is 28.0 Å². The van der Waals surface area contributed by atoms with Crippen molar-refractivity contribution in [1.29, 1.82) is 0 Å². The van der Waals surface area contributed by atoms with E-state index in [1.165, 1.54) is 6.07 Å². The molecule has 1 aromatic heterocycles. The molecular weight excluding hydrogens is 332 g/mol. The molecule has 0 saturated heterocycles. The Morgan fingerprint density at radius 2 is 1.81 bits per heavy atom. The second-order valence-electron chi connectivity index (χ2n) is 9.70. The largest absolute Gasteiger partial charge is 0.458 e. The van der Waals surface area contributed by atoms with Gasteiger partial charge in [0, 0.05) is 23.8 Å². The van der Waals surface area contributed by atoms with Crippen molar-refractivity contribution in [3.05, 3.63) is 27.6 Å². The Balaban J connectivity index is 1.84. The van der Waals surface area contributed by atoms with E-state index in [-0.39, 0.29) is 22.7 Å². The molecule has 4 rings (SSSR count). The van der Waals surface area contributed by atoms with Gasteiger partial charge in [-0.2, -0.15) is 0 Å². The molecule has 144 valence electrons. The molecule has 2 fully saturated rings. The molecule has 0 radical (unpaired) electrons. The van der Waals surface area contributed by atoms with Crippen molar-refractivity contribution >= 4 is 0 Å². The Kier molecular flexibility index (Phi) is 3.72. The molecule has 2 N–H and O–H groups in total. The standard InChI is InChI=1S/C21H30O5/c1-11-8-13(22)12-9-15-20(4,26-18(12)25-11)7-6-14-19(2,3)16(23)10-17(24)21(14,15)5/h8,14-17,23-24H,6-7,9-10H2,1-5H3/t14-,15-,16-,17+,20-,21+/m1/s1. The van der Waals surface area contributed by atoms with E-state index < -0.39 is 23.2 Å². The number of aliphatic hydroxyl groups excluding tert-OH is 2. The van der Waals surface area contributed by atoms with Gasteiger partial charge >= 0.3 is 0 Å². The molecule has 5 heteroatoms. The first-order valence-corrected chi connectivity index (χ1v) is 9.69. The molecule has 0 spiro atoms. The Morgan fingerprint density at radius 3 is 2.50 bits per heavy atom. The minimum Gasteiger partial charge on any atom is -0.458 e. The Labute approximate surface area is 154 Å². The molecule has 2 aliphatic carbocycles. The van der Waals surface area contributed by atoms with Gasteiger partial charge in [0.15, 0.2) is 5.43 Å². The van der Waals surface area contributed by atoms with E-state index in [0.29, 0.717) is 30.1 Å². The topological polar surface area (TPSA) is 79.9 Å². The van der Waals surface area contributed by atoms with Crippen LogP contribution in [0.1, 0.15) is 58.3 Å². The van der Waals surface area contributed by atoms with Gasteiger partial charge in [-0.25, -0.2) is 0 Å². The zero-order valence-electron chi connectivity index (χ0n) is 16.3. The van der Waals surface area contributed by atoms with Crippen molar-refractivity contribution < 1.29 is 19.4 Å². The van der Waals surface area contributed by atoms with Crippen LogP contribution in [0.15, 0.2) is 15.3 Å². The van der Waals surface area contributed by atoms with Crippen LogP contribution in [0.25, 0.3) is 0 Å². The van der Waals surface area contributed by atoms with Gasteiger partial charge in [-0.1, -0.05) is 20.8 Å². The van der Waals surface area contributed by atoms with Gasteiger partial charge in [-0.05, 0) is 44.4 Å². The molecule has 26 heavy (non-hydrogen) atoms. The molecule has 2 heterocycles. The molecule has 0 unspecified atom stereocenters. The highest BCUT2D eigenvalue weighted by molar-refractivity contribution is 5.31. The maximum atomic E-state index is 12.5. The van der Waals surface area contributed by atoms with Gasteiger partial charge in [0.2, 0.25) is 0 Å². The fourth-order valence-electron chi connectivity index (χ4n) is 6.31. The fraction of sp³-hybridized carbons (Fsp3) is 0.762. The van der Waals surface area contributed by atoms with Gasteiger partial charge in [0.1, 0.15) is 11.4 Å².